The molecular weight excluding hydrogens is 558 g/mol. The van der Waals surface area contributed by atoms with Crippen molar-refractivity contribution in [2.24, 2.45) is 0 Å². The molecule has 8 nitrogen and oxygen atoms in total. The van der Waals surface area contributed by atoms with Crippen LogP contribution in [-0.2, 0) is 24.4 Å². The van der Waals surface area contributed by atoms with Gasteiger partial charge in [-0.3, -0.25) is 0 Å². The molecule has 0 bridgehead atoms. The Bertz CT molecular complexity index is 1440. The first-order chi connectivity index (χ1) is 21.0. The molecule has 0 spiro atoms. The van der Waals surface area contributed by atoms with Gasteiger partial charge in [0.25, 0.3) is 0 Å². The number of rotatable bonds is 14. The van der Waals surface area contributed by atoms with Crippen molar-refractivity contribution >= 4 is 27.8 Å². The van der Waals surface area contributed by atoms with Gasteiger partial charge in [0.15, 0.2) is 5.13 Å². The van der Waals surface area contributed by atoms with Crippen LogP contribution in [0.5, 0.6) is 11.5 Å². The Morgan fingerprint density at radius 3 is 2.33 bits per heavy atom. The van der Waals surface area contributed by atoms with Gasteiger partial charge < -0.3 is 33.8 Å². The summed E-state index contributed by atoms with van der Waals surface area (Å²) in [7, 11) is 7.94. The van der Waals surface area contributed by atoms with E-state index in [1.54, 1.807) is 18.4 Å². The first-order valence-electron chi connectivity index (χ1n) is 14.8. The van der Waals surface area contributed by atoms with Gasteiger partial charge in [0, 0.05) is 76.2 Å². The van der Waals surface area contributed by atoms with Crippen LogP contribution in [0, 0.1) is 0 Å². The molecule has 1 aliphatic rings. The Hall–Kier alpha value is -3.79. The fraction of sp³-hybridized carbons (Fsp3) is 0.382. The van der Waals surface area contributed by atoms with E-state index in [4.69, 9.17) is 19.2 Å². The maximum Gasteiger partial charge on any atom is 0.186 e. The zero-order valence-corrected chi connectivity index (χ0v) is 26.6. The average Bonchev–Trinajstić information content (AvgIpc) is 3.50. The normalized spacial score (nSPS) is 13.6. The Morgan fingerprint density at radius 2 is 1.56 bits per heavy atom. The third-order valence-corrected chi connectivity index (χ3v) is 8.50. The zero-order valence-electron chi connectivity index (χ0n) is 25.7. The number of anilines is 3. The summed E-state index contributed by atoms with van der Waals surface area (Å²) in [5.41, 5.74) is 5.77. The van der Waals surface area contributed by atoms with E-state index in [0.29, 0.717) is 19.8 Å². The molecular formula is C34H43N5O3S. The minimum atomic E-state index is 0.448. The van der Waals surface area contributed by atoms with Gasteiger partial charge in [-0.25, -0.2) is 4.98 Å². The fourth-order valence-corrected chi connectivity index (χ4v) is 5.88. The molecule has 1 fully saturated rings. The Labute approximate surface area is 260 Å². The van der Waals surface area contributed by atoms with Gasteiger partial charge in [-0.15, -0.1) is 11.3 Å². The molecule has 5 rings (SSSR count). The molecule has 0 unspecified atom stereocenters. The number of ether oxygens (including phenoxy) is 3. The molecule has 2 heterocycles. The summed E-state index contributed by atoms with van der Waals surface area (Å²) in [6.45, 7) is 7.19. The number of hydrogen-bond donors (Lipinski definition) is 0. The van der Waals surface area contributed by atoms with Crippen molar-refractivity contribution in [3.05, 3.63) is 95.0 Å². The lowest BCUT2D eigenvalue weighted by molar-refractivity contribution is 0.0873. The molecule has 1 aliphatic heterocycles. The lowest BCUT2D eigenvalue weighted by Gasteiger charge is -2.34. The van der Waals surface area contributed by atoms with Crippen LogP contribution >= 0.6 is 11.3 Å². The van der Waals surface area contributed by atoms with Crippen LogP contribution in [0.4, 0.5) is 16.5 Å². The van der Waals surface area contributed by atoms with E-state index >= 15 is 0 Å². The van der Waals surface area contributed by atoms with E-state index in [-0.39, 0.29) is 0 Å². The molecule has 0 saturated carbocycles. The van der Waals surface area contributed by atoms with E-state index in [2.05, 4.69) is 74.5 Å². The number of nitrogens with zero attached hydrogens (tertiary/aromatic N) is 5. The predicted molar refractivity (Wildman–Crippen MR) is 177 cm³/mol. The highest BCUT2D eigenvalue weighted by molar-refractivity contribution is 7.13. The summed E-state index contributed by atoms with van der Waals surface area (Å²) in [6.07, 6.45) is 0. The standard InChI is InChI=1S/C34H43N5O3S/c1-36(2)30-10-7-13-33(22-30)42-19-18-41-25-29-26-43-34(35-29)39(24-28-9-6-12-32(21-28)40-4)23-27-8-5-11-31(20-27)38-16-14-37(3)15-17-38/h5-13,20-22,26H,14-19,23-25H2,1-4H3. The van der Waals surface area contributed by atoms with Crippen LogP contribution in [0.1, 0.15) is 16.8 Å². The molecule has 43 heavy (non-hydrogen) atoms. The van der Waals surface area contributed by atoms with Crippen LogP contribution in [0.3, 0.4) is 0 Å². The lowest BCUT2D eigenvalue weighted by Crippen LogP contribution is -2.44. The van der Waals surface area contributed by atoms with Crippen LogP contribution < -0.4 is 24.2 Å². The van der Waals surface area contributed by atoms with Crippen molar-refractivity contribution < 1.29 is 14.2 Å². The van der Waals surface area contributed by atoms with E-state index in [0.717, 1.165) is 67.3 Å². The van der Waals surface area contributed by atoms with Gasteiger partial charge in [-0.1, -0.05) is 30.3 Å². The first kappa shape index (κ1) is 30.7. The predicted octanol–water partition coefficient (Wildman–Crippen LogP) is 5.77. The van der Waals surface area contributed by atoms with E-state index in [1.807, 2.05) is 44.4 Å². The van der Waals surface area contributed by atoms with Gasteiger partial charge in [-0.05, 0) is 54.6 Å². The molecule has 0 radical (unpaired) electrons. The minimum absolute atomic E-state index is 0.448. The number of benzene rings is 3. The van der Waals surface area contributed by atoms with Gasteiger partial charge in [-0.2, -0.15) is 0 Å². The molecule has 0 amide bonds. The van der Waals surface area contributed by atoms with Gasteiger partial charge in [0.2, 0.25) is 0 Å². The van der Waals surface area contributed by atoms with Gasteiger partial charge >= 0.3 is 0 Å². The van der Waals surface area contributed by atoms with Crippen LogP contribution in [0.2, 0.25) is 0 Å². The van der Waals surface area contributed by atoms with Crippen molar-refractivity contribution in [1.29, 1.82) is 0 Å². The first-order valence-corrected chi connectivity index (χ1v) is 15.7. The summed E-state index contributed by atoms with van der Waals surface area (Å²) < 4.78 is 17.3. The van der Waals surface area contributed by atoms with Gasteiger partial charge in [0.1, 0.15) is 18.1 Å². The Kier molecular flexibility index (Phi) is 10.8. The van der Waals surface area contributed by atoms with Gasteiger partial charge in [0.05, 0.1) is 26.0 Å². The number of thiazole rings is 1. The number of hydrogen-bond acceptors (Lipinski definition) is 9. The second-order valence-corrected chi connectivity index (χ2v) is 11.9. The molecule has 0 aliphatic carbocycles. The van der Waals surface area contributed by atoms with E-state index in [9.17, 15) is 0 Å². The quantitative estimate of drug-likeness (QED) is 0.169. The van der Waals surface area contributed by atoms with E-state index < -0.39 is 0 Å². The molecule has 3 aromatic carbocycles. The fourth-order valence-electron chi connectivity index (χ4n) is 5.07. The third kappa shape index (κ3) is 8.86. The van der Waals surface area contributed by atoms with Crippen LogP contribution in [0.15, 0.2) is 78.2 Å². The maximum absolute atomic E-state index is 5.93. The number of likely N-dealkylation sites (N-methyl/N-ethyl adjacent to an activating group) is 1. The van der Waals surface area contributed by atoms with Crippen LogP contribution in [-0.4, -0.2) is 77.5 Å². The second kappa shape index (κ2) is 15.1. The topological polar surface area (TPSA) is 53.5 Å². The smallest absolute Gasteiger partial charge is 0.186 e. The van der Waals surface area contributed by atoms with Crippen molar-refractivity contribution in [3.8, 4) is 11.5 Å². The molecule has 0 atom stereocenters. The average molecular weight is 602 g/mol. The van der Waals surface area contributed by atoms with Crippen molar-refractivity contribution in [2.45, 2.75) is 19.7 Å². The number of aromatic nitrogens is 1. The molecule has 1 saturated heterocycles. The summed E-state index contributed by atoms with van der Waals surface area (Å²) in [6, 6.07) is 25.3. The second-order valence-electron chi connectivity index (χ2n) is 11.1. The largest absolute Gasteiger partial charge is 0.497 e. The Balaban J connectivity index is 1.22. The molecule has 228 valence electrons. The highest BCUT2D eigenvalue weighted by Crippen LogP contribution is 2.27. The summed E-state index contributed by atoms with van der Waals surface area (Å²) >= 11 is 1.66. The zero-order chi connectivity index (χ0) is 30.0. The summed E-state index contributed by atoms with van der Waals surface area (Å²) in [5, 5.41) is 3.07. The van der Waals surface area contributed by atoms with Crippen molar-refractivity contribution in [2.75, 3.05) is 82.3 Å². The molecule has 4 aromatic rings. The Morgan fingerprint density at radius 1 is 0.837 bits per heavy atom. The number of methoxy groups -OCH3 is 1. The van der Waals surface area contributed by atoms with E-state index in [1.165, 1.54) is 16.8 Å². The third-order valence-electron chi connectivity index (χ3n) is 7.55. The molecule has 1 aromatic heterocycles. The minimum Gasteiger partial charge on any atom is -0.497 e. The molecule has 9 heteroatoms. The SMILES string of the molecule is COc1cccc(CN(Cc2cccc(N3CCN(C)CC3)c2)c2nc(COCCOc3cccc(N(C)C)c3)cs2)c1. The number of piperazine rings is 1. The molecule has 0 N–H and O–H groups in total. The van der Waals surface area contributed by atoms with Crippen molar-refractivity contribution in [3.63, 3.8) is 0 Å². The highest BCUT2D eigenvalue weighted by atomic mass is 32.1. The summed E-state index contributed by atoms with van der Waals surface area (Å²) in [4.78, 5) is 14.2. The monoisotopic (exact) mass is 601 g/mol. The maximum atomic E-state index is 5.93. The summed E-state index contributed by atoms with van der Waals surface area (Å²) in [5.74, 6) is 1.70. The highest BCUT2D eigenvalue weighted by Gasteiger charge is 2.17. The van der Waals surface area contributed by atoms with Crippen LogP contribution in [0.25, 0.3) is 0 Å². The van der Waals surface area contributed by atoms with Crippen molar-refractivity contribution in [1.82, 2.24) is 9.88 Å². The lowest BCUT2D eigenvalue weighted by atomic mass is 10.1.